The molecule has 0 spiro atoms. The standard InChI is InChI=1S/C15H20FN3S/c1-3-17-13(14-9-10-18-19(14)4-2)11-20-15-8-6-5-7-12(15)16/h5-10,13,17H,3-4,11H2,1-2H3. The third-order valence-electron chi connectivity index (χ3n) is 3.10. The van der Waals surface area contributed by atoms with Crippen molar-refractivity contribution >= 4 is 11.8 Å². The fourth-order valence-corrected chi connectivity index (χ4v) is 3.15. The summed E-state index contributed by atoms with van der Waals surface area (Å²) in [5.74, 6) is 0.622. The van der Waals surface area contributed by atoms with Gasteiger partial charge in [0.1, 0.15) is 5.82 Å². The summed E-state index contributed by atoms with van der Waals surface area (Å²) in [5, 5.41) is 7.75. The molecule has 0 saturated carbocycles. The number of nitrogens with one attached hydrogen (secondary N) is 1. The monoisotopic (exact) mass is 293 g/mol. The van der Waals surface area contributed by atoms with Crippen LogP contribution >= 0.6 is 11.8 Å². The largest absolute Gasteiger partial charge is 0.308 e. The van der Waals surface area contributed by atoms with Crippen molar-refractivity contribution in [2.75, 3.05) is 12.3 Å². The molecule has 2 rings (SSSR count). The van der Waals surface area contributed by atoms with Crippen molar-refractivity contribution in [3.05, 3.63) is 48.0 Å². The molecular weight excluding hydrogens is 273 g/mol. The first-order chi connectivity index (χ1) is 9.76. The van der Waals surface area contributed by atoms with Gasteiger partial charge in [-0.2, -0.15) is 5.10 Å². The van der Waals surface area contributed by atoms with E-state index in [9.17, 15) is 4.39 Å². The molecule has 1 atom stereocenters. The van der Waals surface area contributed by atoms with E-state index >= 15 is 0 Å². The van der Waals surface area contributed by atoms with Crippen molar-refractivity contribution in [3.8, 4) is 0 Å². The summed E-state index contributed by atoms with van der Waals surface area (Å²) in [5.41, 5.74) is 1.15. The average molecular weight is 293 g/mol. The number of hydrogen-bond acceptors (Lipinski definition) is 3. The van der Waals surface area contributed by atoms with E-state index < -0.39 is 0 Å². The van der Waals surface area contributed by atoms with Crippen LogP contribution in [0.4, 0.5) is 4.39 Å². The lowest BCUT2D eigenvalue weighted by atomic mass is 10.2. The number of hydrogen-bond donors (Lipinski definition) is 1. The molecule has 0 aliphatic heterocycles. The van der Waals surface area contributed by atoms with Gasteiger partial charge in [0.25, 0.3) is 0 Å². The lowest BCUT2D eigenvalue weighted by Gasteiger charge is -2.18. The van der Waals surface area contributed by atoms with Gasteiger partial charge in [-0.05, 0) is 31.7 Å². The first-order valence-electron chi connectivity index (χ1n) is 6.88. The van der Waals surface area contributed by atoms with Crippen LogP contribution in [-0.2, 0) is 6.54 Å². The smallest absolute Gasteiger partial charge is 0.136 e. The zero-order valence-electron chi connectivity index (χ0n) is 11.8. The summed E-state index contributed by atoms with van der Waals surface area (Å²) in [7, 11) is 0. The molecule has 1 aromatic heterocycles. The third kappa shape index (κ3) is 3.61. The topological polar surface area (TPSA) is 29.9 Å². The van der Waals surface area contributed by atoms with Gasteiger partial charge in [-0.25, -0.2) is 4.39 Å². The highest BCUT2D eigenvalue weighted by atomic mass is 32.2. The molecule has 20 heavy (non-hydrogen) atoms. The number of benzene rings is 1. The minimum Gasteiger partial charge on any atom is -0.308 e. The van der Waals surface area contributed by atoms with Crippen LogP contribution in [0.3, 0.4) is 0 Å². The molecule has 1 heterocycles. The van der Waals surface area contributed by atoms with Crippen LogP contribution < -0.4 is 5.32 Å². The first-order valence-corrected chi connectivity index (χ1v) is 7.87. The minimum absolute atomic E-state index is 0.156. The summed E-state index contributed by atoms with van der Waals surface area (Å²) in [6, 6.07) is 9.10. The van der Waals surface area contributed by atoms with Crippen LogP contribution in [0.2, 0.25) is 0 Å². The molecule has 0 aliphatic rings. The second-order valence-corrected chi connectivity index (χ2v) is 5.49. The van der Waals surface area contributed by atoms with E-state index in [1.54, 1.807) is 6.07 Å². The molecule has 1 unspecified atom stereocenters. The highest BCUT2D eigenvalue weighted by molar-refractivity contribution is 7.99. The van der Waals surface area contributed by atoms with Gasteiger partial charge >= 0.3 is 0 Å². The van der Waals surface area contributed by atoms with Crippen molar-refractivity contribution < 1.29 is 4.39 Å². The number of aryl methyl sites for hydroxylation is 1. The number of aromatic nitrogens is 2. The molecule has 108 valence electrons. The Bertz CT molecular complexity index is 541. The van der Waals surface area contributed by atoms with Crippen LogP contribution in [0.15, 0.2) is 41.4 Å². The molecule has 0 aliphatic carbocycles. The van der Waals surface area contributed by atoms with E-state index in [0.29, 0.717) is 4.90 Å². The number of halogens is 1. The average Bonchev–Trinajstić information content (AvgIpc) is 2.93. The Morgan fingerprint density at radius 1 is 1.30 bits per heavy atom. The molecular formula is C15H20FN3S. The second kappa shape index (κ2) is 7.45. The Kier molecular flexibility index (Phi) is 5.61. The predicted molar refractivity (Wildman–Crippen MR) is 81.4 cm³/mol. The van der Waals surface area contributed by atoms with Crippen molar-refractivity contribution in [3.63, 3.8) is 0 Å². The van der Waals surface area contributed by atoms with Gasteiger partial charge < -0.3 is 5.32 Å². The van der Waals surface area contributed by atoms with E-state index in [4.69, 9.17) is 0 Å². The molecule has 1 N–H and O–H groups in total. The molecule has 0 fully saturated rings. The molecule has 0 amide bonds. The number of thioether (sulfide) groups is 1. The first kappa shape index (κ1) is 15.1. The zero-order valence-corrected chi connectivity index (χ0v) is 12.7. The van der Waals surface area contributed by atoms with Gasteiger partial charge in [-0.15, -0.1) is 11.8 Å². The second-order valence-electron chi connectivity index (χ2n) is 4.42. The van der Waals surface area contributed by atoms with E-state index in [0.717, 1.165) is 24.5 Å². The number of rotatable bonds is 7. The van der Waals surface area contributed by atoms with Gasteiger partial charge in [0, 0.05) is 23.4 Å². The van der Waals surface area contributed by atoms with E-state index in [2.05, 4.69) is 24.3 Å². The molecule has 0 bridgehead atoms. The van der Waals surface area contributed by atoms with Gasteiger partial charge in [-0.1, -0.05) is 19.1 Å². The van der Waals surface area contributed by atoms with E-state index in [-0.39, 0.29) is 11.9 Å². The Balaban J connectivity index is 2.08. The van der Waals surface area contributed by atoms with Gasteiger partial charge in [0.15, 0.2) is 0 Å². The maximum Gasteiger partial charge on any atom is 0.136 e. The SMILES string of the molecule is CCNC(CSc1ccccc1F)c1ccnn1CC. The van der Waals surface area contributed by atoms with Crippen LogP contribution in [0.25, 0.3) is 0 Å². The van der Waals surface area contributed by atoms with Crippen molar-refractivity contribution in [2.24, 2.45) is 0 Å². The van der Waals surface area contributed by atoms with Gasteiger partial charge in [-0.3, -0.25) is 4.68 Å². The van der Waals surface area contributed by atoms with Crippen LogP contribution in [0, 0.1) is 5.82 Å². The summed E-state index contributed by atoms with van der Waals surface area (Å²) in [6.07, 6.45) is 1.82. The highest BCUT2D eigenvalue weighted by Crippen LogP contribution is 2.26. The maximum atomic E-state index is 13.7. The molecule has 2 aromatic rings. The highest BCUT2D eigenvalue weighted by Gasteiger charge is 2.15. The Morgan fingerprint density at radius 2 is 2.10 bits per heavy atom. The fraction of sp³-hybridized carbons (Fsp3) is 0.400. The lowest BCUT2D eigenvalue weighted by molar-refractivity contribution is 0.526. The summed E-state index contributed by atoms with van der Waals surface area (Å²) in [4.78, 5) is 0.693. The molecule has 0 radical (unpaired) electrons. The zero-order chi connectivity index (χ0) is 14.4. The van der Waals surface area contributed by atoms with Gasteiger partial charge in [0.2, 0.25) is 0 Å². The van der Waals surface area contributed by atoms with Gasteiger partial charge in [0.05, 0.1) is 11.7 Å². The molecule has 1 aromatic carbocycles. The Hall–Kier alpha value is -1.33. The van der Waals surface area contributed by atoms with Crippen molar-refractivity contribution in [1.29, 1.82) is 0 Å². The van der Waals surface area contributed by atoms with E-state index in [1.807, 2.05) is 29.1 Å². The summed E-state index contributed by atoms with van der Waals surface area (Å²) in [6.45, 7) is 5.86. The van der Waals surface area contributed by atoms with Crippen LogP contribution in [0.1, 0.15) is 25.6 Å². The van der Waals surface area contributed by atoms with E-state index in [1.165, 1.54) is 17.8 Å². The van der Waals surface area contributed by atoms with Crippen molar-refractivity contribution in [2.45, 2.75) is 31.3 Å². The summed E-state index contributed by atoms with van der Waals surface area (Å²) < 4.78 is 15.6. The normalized spacial score (nSPS) is 12.6. The molecule has 5 heteroatoms. The Morgan fingerprint density at radius 3 is 2.80 bits per heavy atom. The van der Waals surface area contributed by atoms with Crippen molar-refractivity contribution in [1.82, 2.24) is 15.1 Å². The Labute approximate surface area is 123 Å². The lowest BCUT2D eigenvalue weighted by Crippen LogP contribution is -2.25. The fourth-order valence-electron chi connectivity index (χ4n) is 2.13. The minimum atomic E-state index is -0.156. The number of nitrogens with zero attached hydrogens (tertiary/aromatic N) is 2. The molecule has 3 nitrogen and oxygen atoms in total. The molecule has 0 saturated heterocycles. The quantitative estimate of drug-likeness (QED) is 0.793. The predicted octanol–water partition coefficient (Wildman–Crippen LogP) is 3.49. The maximum absolute atomic E-state index is 13.7. The van der Waals surface area contributed by atoms with Crippen LogP contribution in [0.5, 0.6) is 0 Å². The summed E-state index contributed by atoms with van der Waals surface area (Å²) >= 11 is 1.53. The van der Waals surface area contributed by atoms with Crippen LogP contribution in [-0.4, -0.2) is 22.1 Å². The third-order valence-corrected chi connectivity index (χ3v) is 4.24.